The predicted octanol–water partition coefficient (Wildman–Crippen LogP) is -0.216. The van der Waals surface area contributed by atoms with Crippen LogP contribution in [-0.2, 0) is 11.3 Å². The number of hydrogen-bond acceptors (Lipinski definition) is 6. The first-order chi connectivity index (χ1) is 15.2. The minimum atomic E-state index is -0.656. The van der Waals surface area contributed by atoms with Crippen molar-refractivity contribution in [2.75, 3.05) is 19.6 Å². The Morgan fingerprint density at radius 2 is 2.00 bits per heavy atom. The Bertz CT molecular complexity index is 1150. The van der Waals surface area contributed by atoms with Gasteiger partial charge in [-0.3, -0.25) is 23.9 Å². The van der Waals surface area contributed by atoms with Gasteiger partial charge in [0, 0.05) is 37.4 Å². The van der Waals surface area contributed by atoms with Crippen LogP contribution < -0.4 is 11.2 Å². The fourth-order valence-electron chi connectivity index (χ4n) is 3.88. The zero-order valence-electron chi connectivity index (χ0n) is 18.4. The van der Waals surface area contributed by atoms with Crippen LogP contribution in [-0.4, -0.2) is 71.8 Å². The van der Waals surface area contributed by atoms with E-state index in [2.05, 4.69) is 21.2 Å². The van der Waals surface area contributed by atoms with E-state index in [1.54, 1.807) is 14.5 Å². The number of aromatic nitrogens is 5. The summed E-state index contributed by atoms with van der Waals surface area (Å²) in [5, 5.41) is 8.13. The number of nitrogens with one attached hydrogen (secondary N) is 1. The van der Waals surface area contributed by atoms with E-state index in [1.165, 1.54) is 12.3 Å². The first-order valence-corrected chi connectivity index (χ1v) is 10.5. The molecule has 0 unspecified atom stereocenters. The second-order valence-corrected chi connectivity index (χ2v) is 8.05. The third-order valence-electron chi connectivity index (χ3n) is 5.60. The second kappa shape index (κ2) is 9.64. The fourth-order valence-corrected chi connectivity index (χ4v) is 3.88. The molecule has 170 valence electrons. The van der Waals surface area contributed by atoms with Crippen molar-refractivity contribution >= 4 is 11.8 Å². The summed E-state index contributed by atoms with van der Waals surface area (Å²) in [6.07, 6.45) is 7.85. The van der Waals surface area contributed by atoms with Gasteiger partial charge in [-0.2, -0.15) is 0 Å². The van der Waals surface area contributed by atoms with Crippen molar-refractivity contribution in [1.82, 2.24) is 34.3 Å². The number of terminal acetylenes is 1. The average molecular weight is 441 g/mol. The monoisotopic (exact) mass is 441 g/mol. The summed E-state index contributed by atoms with van der Waals surface area (Å²) >= 11 is 0. The molecule has 0 spiro atoms. The van der Waals surface area contributed by atoms with Crippen LogP contribution in [0.2, 0.25) is 0 Å². The molecule has 0 radical (unpaired) electrons. The van der Waals surface area contributed by atoms with Gasteiger partial charge in [0.1, 0.15) is 6.54 Å². The van der Waals surface area contributed by atoms with Crippen LogP contribution in [0.4, 0.5) is 0 Å². The molecule has 11 heteroatoms. The van der Waals surface area contributed by atoms with Gasteiger partial charge in [0.25, 0.3) is 11.5 Å². The third-order valence-corrected chi connectivity index (χ3v) is 5.60. The predicted molar refractivity (Wildman–Crippen MR) is 116 cm³/mol. The van der Waals surface area contributed by atoms with Crippen molar-refractivity contribution in [2.24, 2.45) is 0 Å². The Morgan fingerprint density at radius 1 is 1.31 bits per heavy atom. The first kappa shape index (κ1) is 23.0. The molecule has 1 saturated heterocycles. The van der Waals surface area contributed by atoms with E-state index in [-0.39, 0.29) is 37.0 Å². The summed E-state index contributed by atoms with van der Waals surface area (Å²) in [4.78, 5) is 54.3. The van der Waals surface area contributed by atoms with Crippen molar-refractivity contribution < 1.29 is 9.59 Å². The van der Waals surface area contributed by atoms with Crippen LogP contribution >= 0.6 is 0 Å². The minimum Gasteiger partial charge on any atom is -0.337 e. The van der Waals surface area contributed by atoms with Gasteiger partial charge in [0.05, 0.1) is 12.2 Å². The number of carbonyl (C=O) groups is 2. The van der Waals surface area contributed by atoms with Gasteiger partial charge in [-0.25, -0.2) is 9.48 Å². The Morgan fingerprint density at radius 3 is 2.56 bits per heavy atom. The molecular formula is C21H27N7O4. The highest BCUT2D eigenvalue weighted by atomic mass is 16.2. The highest BCUT2D eigenvalue weighted by Gasteiger charge is 2.31. The molecule has 1 aliphatic heterocycles. The van der Waals surface area contributed by atoms with Gasteiger partial charge in [-0.05, 0) is 33.6 Å². The lowest BCUT2D eigenvalue weighted by atomic mass is 10.0. The Labute approximate surface area is 185 Å². The van der Waals surface area contributed by atoms with Gasteiger partial charge in [0.15, 0.2) is 5.69 Å². The summed E-state index contributed by atoms with van der Waals surface area (Å²) < 4.78 is 2.85. The zero-order chi connectivity index (χ0) is 23.4. The van der Waals surface area contributed by atoms with Gasteiger partial charge in [-0.15, -0.1) is 11.5 Å². The van der Waals surface area contributed by atoms with E-state index in [0.29, 0.717) is 31.6 Å². The number of carbonyl (C=O) groups excluding carboxylic acids is 2. The topological polar surface area (TPSA) is 126 Å². The molecule has 1 fully saturated rings. The average Bonchev–Trinajstić information content (AvgIpc) is 3.15. The Hall–Kier alpha value is -3.68. The van der Waals surface area contributed by atoms with Crippen LogP contribution in [0, 0.1) is 19.3 Å². The quantitative estimate of drug-likeness (QED) is 0.618. The summed E-state index contributed by atoms with van der Waals surface area (Å²) in [5.41, 5.74) is -0.120. The number of nitrogens with zero attached hydrogens (tertiary/aromatic N) is 6. The molecule has 3 rings (SSSR count). The summed E-state index contributed by atoms with van der Waals surface area (Å²) in [5.74, 6) is 1.99. The van der Waals surface area contributed by atoms with Crippen LogP contribution in [0.3, 0.4) is 0 Å². The minimum absolute atomic E-state index is 0.0946. The first-order valence-electron chi connectivity index (χ1n) is 10.5. The molecule has 1 N–H and O–H groups in total. The van der Waals surface area contributed by atoms with Crippen molar-refractivity contribution in [2.45, 2.75) is 52.2 Å². The lowest BCUT2D eigenvalue weighted by Crippen LogP contribution is -2.50. The molecule has 0 bridgehead atoms. The van der Waals surface area contributed by atoms with Gasteiger partial charge < -0.3 is 9.80 Å². The molecule has 3 heterocycles. The van der Waals surface area contributed by atoms with Crippen LogP contribution in [0.1, 0.15) is 48.9 Å². The van der Waals surface area contributed by atoms with E-state index in [9.17, 15) is 19.2 Å². The number of rotatable bonds is 6. The molecule has 11 nitrogen and oxygen atoms in total. The van der Waals surface area contributed by atoms with Crippen molar-refractivity contribution in [1.29, 1.82) is 0 Å². The van der Waals surface area contributed by atoms with Crippen LogP contribution in [0.5, 0.6) is 0 Å². The molecule has 0 saturated carbocycles. The maximum atomic E-state index is 12.9. The smallest absolute Gasteiger partial charge is 0.328 e. The van der Waals surface area contributed by atoms with E-state index < -0.39 is 11.2 Å². The number of piperidine rings is 1. The molecule has 2 amide bonds. The molecule has 2 aromatic heterocycles. The normalized spacial score (nSPS) is 14.4. The number of amides is 2. The third kappa shape index (κ3) is 4.80. The number of likely N-dealkylation sites (tertiary alicyclic amines) is 1. The largest absolute Gasteiger partial charge is 0.337 e. The molecule has 2 aromatic rings. The number of aromatic amines is 1. The van der Waals surface area contributed by atoms with Gasteiger partial charge in [-0.1, -0.05) is 11.1 Å². The molecule has 0 aromatic carbocycles. The van der Waals surface area contributed by atoms with E-state index in [0.717, 1.165) is 10.3 Å². The lowest BCUT2D eigenvalue weighted by Gasteiger charge is -2.37. The van der Waals surface area contributed by atoms with E-state index in [4.69, 9.17) is 6.42 Å². The maximum absolute atomic E-state index is 12.9. The highest BCUT2D eigenvalue weighted by molar-refractivity contribution is 5.93. The summed E-state index contributed by atoms with van der Waals surface area (Å²) in [6.45, 7) is 6.53. The Balaban J connectivity index is 1.66. The lowest BCUT2D eigenvalue weighted by molar-refractivity contribution is -0.134. The van der Waals surface area contributed by atoms with Crippen molar-refractivity contribution in [3.8, 4) is 12.3 Å². The maximum Gasteiger partial charge on any atom is 0.328 e. The molecule has 32 heavy (non-hydrogen) atoms. The molecular weight excluding hydrogens is 414 g/mol. The van der Waals surface area contributed by atoms with Crippen LogP contribution in [0.15, 0.2) is 21.9 Å². The molecule has 0 aliphatic carbocycles. The SMILES string of the molecule is C#CCN(C(=O)Cn1ccc(=O)[nH]c1=O)C1CCN(C(=O)c2nnn(C(C)C)c2C)CC1. The molecule has 0 atom stereocenters. The number of H-pyrrole nitrogens is 1. The summed E-state index contributed by atoms with van der Waals surface area (Å²) in [6, 6.07) is 1.13. The van der Waals surface area contributed by atoms with Gasteiger partial charge in [0.2, 0.25) is 5.91 Å². The Kier molecular flexibility index (Phi) is 6.92. The van der Waals surface area contributed by atoms with E-state index in [1.807, 2.05) is 20.8 Å². The van der Waals surface area contributed by atoms with Crippen LogP contribution in [0.25, 0.3) is 0 Å². The number of hydrogen-bond donors (Lipinski definition) is 1. The van der Waals surface area contributed by atoms with Crippen molar-refractivity contribution in [3.05, 3.63) is 44.5 Å². The standard InChI is InChI=1S/C21H27N7O4/c1-5-9-27(18(30)13-26-12-8-17(29)22-21(26)32)16-6-10-25(11-7-16)20(31)19-15(4)28(14(2)3)24-23-19/h1,8,12,14,16H,6-7,9-11,13H2,2-4H3,(H,22,29,32). The molecule has 1 aliphatic rings. The second-order valence-electron chi connectivity index (χ2n) is 8.05. The van der Waals surface area contributed by atoms with E-state index >= 15 is 0 Å². The van der Waals surface area contributed by atoms with Crippen molar-refractivity contribution in [3.63, 3.8) is 0 Å². The fraction of sp³-hybridized carbons (Fsp3) is 0.524. The summed E-state index contributed by atoms with van der Waals surface area (Å²) in [7, 11) is 0. The zero-order valence-corrected chi connectivity index (χ0v) is 18.4. The van der Waals surface area contributed by atoms with Gasteiger partial charge >= 0.3 is 5.69 Å². The highest BCUT2D eigenvalue weighted by Crippen LogP contribution is 2.20.